The summed E-state index contributed by atoms with van der Waals surface area (Å²) in [6.45, 7) is 1.53. The third-order valence-corrected chi connectivity index (χ3v) is 1.56. The first kappa shape index (κ1) is 10.2. The Labute approximate surface area is 79.8 Å². The molecule has 7 nitrogen and oxygen atoms in total. The third-order valence-electron chi connectivity index (χ3n) is 1.56. The number of nitrogens with zero attached hydrogens (tertiary/aromatic N) is 1. The van der Waals surface area contributed by atoms with Crippen LogP contribution in [0.15, 0.2) is 6.20 Å². The fraction of sp³-hybridized carbons (Fsp3) is 0.286. The zero-order chi connectivity index (χ0) is 10.7. The summed E-state index contributed by atoms with van der Waals surface area (Å²) >= 11 is 0. The van der Waals surface area contributed by atoms with Crippen LogP contribution < -0.4 is 16.8 Å². The fourth-order valence-electron chi connectivity index (χ4n) is 0.815. The number of primary amides is 1. The lowest BCUT2D eigenvalue weighted by molar-refractivity contribution is -0.117. The van der Waals surface area contributed by atoms with Gasteiger partial charge >= 0.3 is 0 Å². The highest BCUT2D eigenvalue weighted by Gasteiger charge is 2.14. The number of carbonyl (C=O) groups excluding carboxylic acids is 2. The monoisotopic (exact) mass is 197 g/mol. The van der Waals surface area contributed by atoms with Gasteiger partial charge in [0.1, 0.15) is 5.69 Å². The van der Waals surface area contributed by atoms with Crippen molar-refractivity contribution in [2.45, 2.75) is 13.0 Å². The molecule has 1 rings (SSSR count). The number of anilines is 1. The van der Waals surface area contributed by atoms with Crippen molar-refractivity contribution in [1.29, 1.82) is 0 Å². The first-order chi connectivity index (χ1) is 6.52. The van der Waals surface area contributed by atoms with Crippen molar-refractivity contribution >= 4 is 17.5 Å². The van der Waals surface area contributed by atoms with E-state index in [2.05, 4.69) is 15.5 Å². The number of amides is 2. The standard InChI is InChI=1S/C7H11N5O2/c1-3(8)7(14)11-4-2-10-12-5(4)6(9)13/h2-3H,8H2,1H3,(H2,9,13)(H,10,12)(H,11,14)/t3-/m1/s1. The summed E-state index contributed by atoms with van der Waals surface area (Å²) in [5.74, 6) is -1.10. The van der Waals surface area contributed by atoms with E-state index in [0.29, 0.717) is 0 Å². The fourth-order valence-corrected chi connectivity index (χ4v) is 0.815. The topological polar surface area (TPSA) is 127 Å². The van der Waals surface area contributed by atoms with E-state index >= 15 is 0 Å². The largest absolute Gasteiger partial charge is 0.364 e. The Morgan fingerprint density at radius 3 is 2.79 bits per heavy atom. The van der Waals surface area contributed by atoms with E-state index < -0.39 is 17.9 Å². The van der Waals surface area contributed by atoms with Gasteiger partial charge in [-0.1, -0.05) is 0 Å². The van der Waals surface area contributed by atoms with Crippen molar-refractivity contribution < 1.29 is 9.59 Å². The molecule has 0 aliphatic carbocycles. The lowest BCUT2D eigenvalue weighted by atomic mass is 10.3. The van der Waals surface area contributed by atoms with E-state index in [9.17, 15) is 9.59 Å². The summed E-state index contributed by atoms with van der Waals surface area (Å²) in [5, 5.41) is 8.36. The van der Waals surface area contributed by atoms with E-state index in [1.807, 2.05) is 0 Å². The molecule has 0 aliphatic heterocycles. The van der Waals surface area contributed by atoms with E-state index in [1.165, 1.54) is 13.1 Å². The number of nitrogens with one attached hydrogen (secondary N) is 2. The van der Waals surface area contributed by atoms with Crippen LogP contribution in [0.3, 0.4) is 0 Å². The Kier molecular flexibility index (Phi) is 2.82. The molecular formula is C7H11N5O2. The van der Waals surface area contributed by atoms with Gasteiger partial charge in [0.2, 0.25) is 5.91 Å². The maximum atomic E-state index is 11.2. The quantitative estimate of drug-likeness (QED) is 0.485. The molecule has 0 aliphatic rings. The molecule has 0 fully saturated rings. The van der Waals surface area contributed by atoms with Crippen molar-refractivity contribution in [2.75, 3.05) is 5.32 Å². The molecule has 2 amide bonds. The first-order valence-electron chi connectivity index (χ1n) is 3.92. The molecule has 1 aromatic rings. The van der Waals surface area contributed by atoms with Crippen LogP contribution in [0.5, 0.6) is 0 Å². The normalized spacial score (nSPS) is 12.1. The number of aromatic nitrogens is 2. The van der Waals surface area contributed by atoms with Gasteiger partial charge in [0, 0.05) is 0 Å². The van der Waals surface area contributed by atoms with Crippen LogP contribution in [-0.2, 0) is 4.79 Å². The highest BCUT2D eigenvalue weighted by molar-refractivity contribution is 6.02. The Balaban J connectivity index is 2.82. The SMILES string of the molecule is C[C@@H](N)C(=O)Nc1cn[nH]c1C(N)=O. The van der Waals surface area contributed by atoms with E-state index in [1.54, 1.807) is 0 Å². The molecule has 76 valence electrons. The van der Waals surface area contributed by atoms with Crippen LogP contribution in [0.2, 0.25) is 0 Å². The molecule has 7 heteroatoms. The lowest BCUT2D eigenvalue weighted by Crippen LogP contribution is -2.33. The molecule has 1 atom stereocenters. The summed E-state index contributed by atoms with van der Waals surface area (Å²) in [6.07, 6.45) is 1.29. The van der Waals surface area contributed by atoms with E-state index in [-0.39, 0.29) is 11.4 Å². The predicted octanol–water partition coefficient (Wildman–Crippen LogP) is -1.21. The van der Waals surface area contributed by atoms with Crippen molar-refractivity contribution in [1.82, 2.24) is 10.2 Å². The molecule has 1 heterocycles. The minimum Gasteiger partial charge on any atom is -0.364 e. The van der Waals surface area contributed by atoms with Gasteiger partial charge < -0.3 is 16.8 Å². The average molecular weight is 197 g/mol. The van der Waals surface area contributed by atoms with Gasteiger partial charge in [0.25, 0.3) is 5.91 Å². The van der Waals surface area contributed by atoms with Crippen LogP contribution in [0.25, 0.3) is 0 Å². The zero-order valence-corrected chi connectivity index (χ0v) is 7.57. The molecule has 0 bridgehead atoms. The smallest absolute Gasteiger partial charge is 0.268 e. The molecule has 0 radical (unpaired) electrons. The second-order valence-corrected chi connectivity index (χ2v) is 2.80. The van der Waals surface area contributed by atoms with Gasteiger partial charge in [-0.2, -0.15) is 5.10 Å². The first-order valence-corrected chi connectivity index (χ1v) is 3.92. The van der Waals surface area contributed by atoms with Gasteiger partial charge in [0.15, 0.2) is 0 Å². The van der Waals surface area contributed by atoms with Gasteiger partial charge in [0.05, 0.1) is 17.9 Å². The molecule has 14 heavy (non-hydrogen) atoms. The summed E-state index contributed by atoms with van der Waals surface area (Å²) in [4.78, 5) is 22.0. The van der Waals surface area contributed by atoms with E-state index in [4.69, 9.17) is 11.5 Å². The highest BCUT2D eigenvalue weighted by Crippen LogP contribution is 2.10. The molecule has 6 N–H and O–H groups in total. The molecule has 0 saturated heterocycles. The summed E-state index contributed by atoms with van der Waals surface area (Å²) in [5.41, 5.74) is 10.6. The Hall–Kier alpha value is -1.89. The van der Waals surface area contributed by atoms with Gasteiger partial charge in [-0.05, 0) is 6.92 Å². The summed E-state index contributed by atoms with van der Waals surface area (Å²) in [6, 6.07) is -0.661. The minimum atomic E-state index is -0.692. The number of rotatable bonds is 3. The molecule has 0 spiro atoms. The molecular weight excluding hydrogens is 186 g/mol. The molecule has 0 saturated carbocycles. The maximum absolute atomic E-state index is 11.2. The maximum Gasteiger partial charge on any atom is 0.268 e. The van der Waals surface area contributed by atoms with Gasteiger partial charge in [-0.3, -0.25) is 14.7 Å². The Bertz CT molecular complexity index is 357. The summed E-state index contributed by atoms with van der Waals surface area (Å²) in [7, 11) is 0. The average Bonchev–Trinajstić information content (AvgIpc) is 2.52. The van der Waals surface area contributed by atoms with Crippen LogP contribution in [-0.4, -0.2) is 28.1 Å². The van der Waals surface area contributed by atoms with Crippen molar-refractivity contribution in [2.24, 2.45) is 11.5 Å². The number of hydrogen-bond donors (Lipinski definition) is 4. The van der Waals surface area contributed by atoms with Gasteiger partial charge in [-0.25, -0.2) is 0 Å². The number of nitrogens with two attached hydrogens (primary N) is 2. The van der Waals surface area contributed by atoms with Gasteiger partial charge in [-0.15, -0.1) is 0 Å². The number of carbonyl (C=O) groups is 2. The minimum absolute atomic E-state index is 0.0546. The zero-order valence-electron chi connectivity index (χ0n) is 7.57. The second kappa shape index (κ2) is 3.88. The van der Waals surface area contributed by atoms with Crippen molar-refractivity contribution in [3.63, 3.8) is 0 Å². The van der Waals surface area contributed by atoms with Crippen LogP contribution >= 0.6 is 0 Å². The highest BCUT2D eigenvalue weighted by atomic mass is 16.2. The number of aromatic amines is 1. The van der Waals surface area contributed by atoms with E-state index in [0.717, 1.165) is 0 Å². The lowest BCUT2D eigenvalue weighted by Gasteiger charge is -2.05. The second-order valence-electron chi connectivity index (χ2n) is 2.80. The molecule has 1 aromatic heterocycles. The molecule has 0 unspecified atom stereocenters. The predicted molar refractivity (Wildman–Crippen MR) is 49.4 cm³/mol. The van der Waals surface area contributed by atoms with Crippen LogP contribution in [0.4, 0.5) is 5.69 Å². The summed E-state index contributed by atoms with van der Waals surface area (Å²) < 4.78 is 0. The Morgan fingerprint density at radius 1 is 1.64 bits per heavy atom. The van der Waals surface area contributed by atoms with Crippen molar-refractivity contribution in [3.8, 4) is 0 Å². The number of H-pyrrole nitrogens is 1. The third kappa shape index (κ3) is 2.07. The van der Waals surface area contributed by atoms with Crippen molar-refractivity contribution in [3.05, 3.63) is 11.9 Å². The van der Waals surface area contributed by atoms with Crippen LogP contribution in [0.1, 0.15) is 17.4 Å². The van der Waals surface area contributed by atoms with Crippen LogP contribution in [0, 0.1) is 0 Å². The number of hydrogen-bond acceptors (Lipinski definition) is 4. The molecule has 0 aromatic carbocycles. The Morgan fingerprint density at radius 2 is 2.29 bits per heavy atom.